The Morgan fingerprint density at radius 2 is 1.72 bits per heavy atom. The van der Waals surface area contributed by atoms with Gasteiger partial charge in [-0.3, -0.25) is 9.59 Å². The Labute approximate surface area is 211 Å². The Bertz CT molecular complexity index is 1100. The van der Waals surface area contributed by atoms with Crippen LogP contribution in [0.3, 0.4) is 0 Å². The number of para-hydroxylation sites is 1. The molecule has 2 aromatic rings. The number of phenols is 1. The summed E-state index contributed by atoms with van der Waals surface area (Å²) >= 11 is 0. The maximum absolute atomic E-state index is 13.8. The van der Waals surface area contributed by atoms with Gasteiger partial charge in [-0.2, -0.15) is 0 Å². The number of hydrogen-bond donors (Lipinski definition) is 4. The molecule has 4 atom stereocenters. The number of ether oxygens (including phenoxy) is 1. The third kappa shape index (κ3) is 6.75. The van der Waals surface area contributed by atoms with Crippen LogP contribution in [0.5, 0.6) is 5.75 Å². The number of aromatic hydroxyl groups is 1. The minimum atomic E-state index is -1.31. The number of carbonyl (C=O) groups is 3. The molecule has 9 nitrogen and oxygen atoms in total. The van der Waals surface area contributed by atoms with Crippen LogP contribution in [0.25, 0.3) is 0 Å². The summed E-state index contributed by atoms with van der Waals surface area (Å²) in [5.74, 6) is -0.901. The maximum Gasteiger partial charge on any atom is 0.408 e. The van der Waals surface area contributed by atoms with Crippen LogP contribution in [-0.2, 0) is 14.3 Å². The Balaban J connectivity index is 1.98. The molecular weight excluding hydrogens is 462 g/mol. The van der Waals surface area contributed by atoms with Crippen molar-refractivity contribution in [1.29, 1.82) is 0 Å². The second-order valence-corrected chi connectivity index (χ2v) is 10.2. The number of rotatable bonds is 8. The number of nitrogens with zero attached hydrogens (tertiary/aromatic N) is 1. The first-order valence-corrected chi connectivity index (χ1v) is 12.0. The molecule has 0 radical (unpaired) electrons. The van der Waals surface area contributed by atoms with Crippen molar-refractivity contribution in [2.24, 2.45) is 5.92 Å². The van der Waals surface area contributed by atoms with Gasteiger partial charge in [-0.05, 0) is 69.4 Å². The Morgan fingerprint density at radius 1 is 1.11 bits per heavy atom. The van der Waals surface area contributed by atoms with Crippen molar-refractivity contribution in [3.63, 3.8) is 0 Å². The predicted molar refractivity (Wildman–Crippen MR) is 135 cm³/mol. The number of aryl methyl sites for hydroxylation is 1. The first-order valence-electron chi connectivity index (χ1n) is 12.0. The molecule has 0 aliphatic heterocycles. The summed E-state index contributed by atoms with van der Waals surface area (Å²) in [6.07, 6.45) is -0.174. The number of benzene rings is 2. The largest absolute Gasteiger partial charge is 0.508 e. The lowest BCUT2D eigenvalue weighted by molar-refractivity contribution is -0.142. The quantitative estimate of drug-likeness (QED) is 0.442. The topological polar surface area (TPSA) is 128 Å². The van der Waals surface area contributed by atoms with Gasteiger partial charge in [0.15, 0.2) is 0 Å². The zero-order chi connectivity index (χ0) is 26.6. The number of aliphatic hydroxyl groups excluding tert-OH is 1. The molecule has 0 bridgehead atoms. The molecule has 1 saturated carbocycles. The standard InChI is InChI=1S/C27H35N3O6/c1-16-8-6-7-9-20(16)28-24(33)23(18-10-12-19(32)13-11-18)30(22-14-17(22)2)25(34)21(15-31)29-26(35)36-27(3,4)5/h6-13,17,21-23,31-32H,14-15H2,1-5H3,(H,28,33)(H,29,35). The van der Waals surface area contributed by atoms with Gasteiger partial charge in [0.05, 0.1) is 6.61 Å². The molecule has 4 unspecified atom stereocenters. The van der Waals surface area contributed by atoms with Gasteiger partial charge < -0.3 is 30.5 Å². The van der Waals surface area contributed by atoms with E-state index in [-0.39, 0.29) is 17.7 Å². The normalized spacial score (nSPS) is 18.5. The molecule has 3 amide bonds. The Hall–Kier alpha value is -3.59. The van der Waals surface area contributed by atoms with Crippen molar-refractivity contribution in [2.45, 2.75) is 64.8 Å². The van der Waals surface area contributed by atoms with E-state index < -0.39 is 42.2 Å². The summed E-state index contributed by atoms with van der Waals surface area (Å²) in [5.41, 5.74) is 1.15. The number of alkyl carbamates (subject to hydrolysis) is 1. The van der Waals surface area contributed by atoms with Crippen molar-refractivity contribution in [1.82, 2.24) is 10.2 Å². The Kier molecular flexibility index (Phi) is 8.24. The molecule has 0 saturated heterocycles. The number of carbonyl (C=O) groups excluding carboxylic acids is 3. The highest BCUT2D eigenvalue weighted by Crippen LogP contribution is 2.41. The monoisotopic (exact) mass is 497 g/mol. The average Bonchev–Trinajstić information content (AvgIpc) is 3.52. The van der Waals surface area contributed by atoms with Crippen LogP contribution in [0.4, 0.5) is 10.5 Å². The average molecular weight is 498 g/mol. The summed E-state index contributed by atoms with van der Waals surface area (Å²) < 4.78 is 5.26. The van der Waals surface area contributed by atoms with Gasteiger partial charge in [0.2, 0.25) is 5.91 Å². The molecule has 194 valence electrons. The lowest BCUT2D eigenvalue weighted by atomic mass is 10.0. The minimum absolute atomic E-state index is 0.0225. The van der Waals surface area contributed by atoms with Gasteiger partial charge in [0.25, 0.3) is 5.91 Å². The van der Waals surface area contributed by atoms with Gasteiger partial charge in [0, 0.05) is 11.7 Å². The minimum Gasteiger partial charge on any atom is -0.508 e. The molecular formula is C27H35N3O6. The number of nitrogens with one attached hydrogen (secondary N) is 2. The second-order valence-electron chi connectivity index (χ2n) is 10.2. The van der Waals surface area contributed by atoms with E-state index in [2.05, 4.69) is 10.6 Å². The lowest BCUT2D eigenvalue weighted by Crippen LogP contribution is -2.54. The molecule has 3 rings (SSSR count). The fraction of sp³-hybridized carbons (Fsp3) is 0.444. The number of phenolic OH excluding ortho intramolecular Hbond substituents is 1. The molecule has 36 heavy (non-hydrogen) atoms. The van der Waals surface area contributed by atoms with Crippen molar-refractivity contribution in [3.05, 3.63) is 59.7 Å². The van der Waals surface area contributed by atoms with Gasteiger partial charge >= 0.3 is 6.09 Å². The molecule has 0 aromatic heterocycles. The molecule has 0 heterocycles. The maximum atomic E-state index is 13.8. The third-order valence-electron chi connectivity index (χ3n) is 5.99. The van der Waals surface area contributed by atoms with Crippen LogP contribution in [0.2, 0.25) is 0 Å². The van der Waals surface area contributed by atoms with Crippen LogP contribution < -0.4 is 10.6 Å². The molecule has 1 fully saturated rings. The molecule has 9 heteroatoms. The van der Waals surface area contributed by atoms with Crippen molar-refractivity contribution < 1.29 is 29.3 Å². The van der Waals surface area contributed by atoms with Crippen molar-refractivity contribution in [2.75, 3.05) is 11.9 Å². The van der Waals surface area contributed by atoms with E-state index in [4.69, 9.17) is 4.74 Å². The molecule has 4 N–H and O–H groups in total. The van der Waals surface area contributed by atoms with Crippen LogP contribution in [0.1, 0.15) is 51.3 Å². The smallest absolute Gasteiger partial charge is 0.408 e. The van der Waals surface area contributed by atoms with E-state index in [9.17, 15) is 24.6 Å². The van der Waals surface area contributed by atoms with Crippen LogP contribution in [0.15, 0.2) is 48.5 Å². The van der Waals surface area contributed by atoms with Gasteiger partial charge in [-0.25, -0.2) is 4.79 Å². The zero-order valence-corrected chi connectivity index (χ0v) is 21.3. The molecule has 2 aromatic carbocycles. The molecule has 0 spiro atoms. The Morgan fingerprint density at radius 3 is 2.25 bits per heavy atom. The van der Waals surface area contributed by atoms with E-state index >= 15 is 0 Å². The summed E-state index contributed by atoms with van der Waals surface area (Å²) in [6, 6.07) is 10.7. The summed E-state index contributed by atoms with van der Waals surface area (Å²) in [7, 11) is 0. The molecule has 1 aliphatic rings. The van der Waals surface area contributed by atoms with Crippen LogP contribution >= 0.6 is 0 Å². The van der Waals surface area contributed by atoms with Gasteiger partial charge in [-0.15, -0.1) is 0 Å². The van der Waals surface area contributed by atoms with E-state index in [1.54, 1.807) is 45.0 Å². The summed E-state index contributed by atoms with van der Waals surface area (Å²) in [5, 5.41) is 25.2. The van der Waals surface area contributed by atoms with Crippen LogP contribution in [0, 0.1) is 12.8 Å². The predicted octanol–water partition coefficient (Wildman–Crippen LogP) is 3.50. The molecule has 1 aliphatic carbocycles. The number of amides is 3. The summed E-state index contributed by atoms with van der Waals surface area (Å²) in [6.45, 7) is 8.24. The van der Waals surface area contributed by atoms with Crippen LogP contribution in [-0.4, -0.2) is 57.3 Å². The first-order chi connectivity index (χ1) is 16.9. The lowest BCUT2D eigenvalue weighted by Gasteiger charge is -2.34. The zero-order valence-electron chi connectivity index (χ0n) is 21.3. The first kappa shape index (κ1) is 27.0. The second kappa shape index (κ2) is 11.0. The van der Waals surface area contributed by atoms with Gasteiger partial charge in [0.1, 0.15) is 23.4 Å². The van der Waals surface area contributed by atoms with E-state index in [1.165, 1.54) is 17.0 Å². The highest BCUT2D eigenvalue weighted by molar-refractivity contribution is 5.99. The van der Waals surface area contributed by atoms with E-state index in [0.717, 1.165) is 5.56 Å². The number of hydrogen-bond acceptors (Lipinski definition) is 6. The van der Waals surface area contributed by atoms with Gasteiger partial charge in [-0.1, -0.05) is 37.3 Å². The third-order valence-corrected chi connectivity index (χ3v) is 5.99. The fourth-order valence-corrected chi connectivity index (χ4v) is 4.00. The number of anilines is 1. The SMILES string of the molecule is Cc1ccccc1NC(=O)C(c1ccc(O)cc1)N(C(=O)C(CO)NC(=O)OC(C)(C)C)C1CC1C. The highest BCUT2D eigenvalue weighted by Gasteiger charge is 2.48. The van der Waals surface area contributed by atoms with E-state index in [1.807, 2.05) is 26.0 Å². The van der Waals surface area contributed by atoms with Crippen molar-refractivity contribution >= 4 is 23.6 Å². The highest BCUT2D eigenvalue weighted by atomic mass is 16.6. The van der Waals surface area contributed by atoms with E-state index in [0.29, 0.717) is 17.7 Å². The van der Waals surface area contributed by atoms with Crippen molar-refractivity contribution in [3.8, 4) is 5.75 Å². The fourth-order valence-electron chi connectivity index (χ4n) is 4.00. The number of aliphatic hydroxyl groups is 1. The summed E-state index contributed by atoms with van der Waals surface area (Å²) in [4.78, 5) is 41.3.